The molecule has 0 aromatic rings. The molecular weight excluding hydrogens is 198 g/mol. The monoisotopic (exact) mass is 217 g/mol. The van der Waals surface area contributed by atoms with E-state index in [4.69, 9.17) is 14.2 Å². The molecule has 1 fully saturated rings. The van der Waals surface area contributed by atoms with Crippen molar-refractivity contribution in [3.63, 3.8) is 0 Å². The fraction of sp³-hybridized carbons (Fsp3) is 0.900. The molecule has 1 saturated heterocycles. The fourth-order valence-corrected chi connectivity index (χ4v) is 1.16. The molecule has 1 heterocycles. The highest BCUT2D eigenvalue weighted by atomic mass is 16.7. The van der Waals surface area contributed by atoms with Gasteiger partial charge in [-0.2, -0.15) is 0 Å². The lowest BCUT2D eigenvalue weighted by molar-refractivity contribution is -0.178. The summed E-state index contributed by atoms with van der Waals surface area (Å²) in [6, 6.07) is -0.129. The van der Waals surface area contributed by atoms with E-state index in [0.717, 1.165) is 0 Å². The number of nitrogens with one attached hydrogen (secondary N) is 1. The summed E-state index contributed by atoms with van der Waals surface area (Å²) < 4.78 is 15.6. The minimum atomic E-state index is -0.478. The Morgan fingerprint density at radius 3 is 2.33 bits per heavy atom. The quantitative estimate of drug-likeness (QED) is 0.718. The van der Waals surface area contributed by atoms with Crippen LogP contribution in [0.4, 0.5) is 4.79 Å². The van der Waals surface area contributed by atoms with E-state index in [1.165, 1.54) is 0 Å². The highest BCUT2D eigenvalue weighted by Crippen LogP contribution is 2.08. The van der Waals surface area contributed by atoms with E-state index in [2.05, 4.69) is 5.32 Å². The van der Waals surface area contributed by atoms with Crippen LogP contribution in [0.25, 0.3) is 0 Å². The Hall–Kier alpha value is -0.810. The Morgan fingerprint density at radius 1 is 1.33 bits per heavy atom. The lowest BCUT2D eigenvalue weighted by Crippen LogP contribution is -2.47. The zero-order valence-corrected chi connectivity index (χ0v) is 9.70. The molecule has 1 amide bonds. The van der Waals surface area contributed by atoms with E-state index >= 15 is 0 Å². The summed E-state index contributed by atoms with van der Waals surface area (Å²) in [6.45, 7) is 8.21. The fourth-order valence-electron chi connectivity index (χ4n) is 1.16. The molecule has 88 valence electrons. The van der Waals surface area contributed by atoms with Gasteiger partial charge in [0, 0.05) is 0 Å². The summed E-state index contributed by atoms with van der Waals surface area (Å²) in [4.78, 5) is 11.4. The minimum Gasteiger partial charge on any atom is -0.444 e. The van der Waals surface area contributed by atoms with Gasteiger partial charge >= 0.3 is 6.09 Å². The third-order valence-corrected chi connectivity index (χ3v) is 1.79. The molecule has 0 saturated carbocycles. The van der Waals surface area contributed by atoms with Crippen molar-refractivity contribution in [1.29, 1.82) is 0 Å². The molecule has 5 nitrogen and oxygen atoms in total. The average molecular weight is 217 g/mol. The van der Waals surface area contributed by atoms with Crippen LogP contribution in [0.15, 0.2) is 0 Å². The number of hydrogen-bond acceptors (Lipinski definition) is 4. The van der Waals surface area contributed by atoms with E-state index in [-0.39, 0.29) is 12.3 Å². The van der Waals surface area contributed by atoms with Crippen molar-refractivity contribution in [3.05, 3.63) is 0 Å². The van der Waals surface area contributed by atoms with Gasteiger partial charge in [-0.3, -0.25) is 0 Å². The number of rotatable bonds is 1. The van der Waals surface area contributed by atoms with E-state index in [9.17, 15) is 4.79 Å². The maximum absolute atomic E-state index is 11.4. The van der Waals surface area contributed by atoms with Gasteiger partial charge in [0.15, 0.2) is 6.29 Å². The molecule has 15 heavy (non-hydrogen) atoms. The maximum atomic E-state index is 11.4. The standard InChI is InChI=1S/C10H19NO4/c1-7-13-5-8(6-14-7)11-9(12)15-10(2,3)4/h7-8H,5-6H2,1-4H3,(H,11,12). The van der Waals surface area contributed by atoms with Gasteiger partial charge in [-0.05, 0) is 27.7 Å². The summed E-state index contributed by atoms with van der Waals surface area (Å²) >= 11 is 0. The van der Waals surface area contributed by atoms with Crippen LogP contribution in [0.1, 0.15) is 27.7 Å². The van der Waals surface area contributed by atoms with Crippen molar-refractivity contribution >= 4 is 6.09 Å². The van der Waals surface area contributed by atoms with Gasteiger partial charge in [0.05, 0.1) is 19.3 Å². The van der Waals surface area contributed by atoms with Crippen LogP contribution in [0.2, 0.25) is 0 Å². The van der Waals surface area contributed by atoms with Crippen molar-refractivity contribution in [2.24, 2.45) is 0 Å². The second kappa shape index (κ2) is 4.81. The SMILES string of the molecule is CC1OCC(NC(=O)OC(C)(C)C)CO1. The van der Waals surface area contributed by atoms with Crippen LogP contribution in [0.5, 0.6) is 0 Å². The summed E-state index contributed by atoms with van der Waals surface area (Å²) in [7, 11) is 0. The van der Waals surface area contributed by atoms with Gasteiger partial charge in [-0.1, -0.05) is 0 Å². The van der Waals surface area contributed by atoms with Gasteiger partial charge in [-0.25, -0.2) is 4.79 Å². The molecule has 0 aromatic carbocycles. The topological polar surface area (TPSA) is 56.8 Å². The minimum absolute atomic E-state index is 0.129. The van der Waals surface area contributed by atoms with Crippen molar-refractivity contribution in [2.45, 2.75) is 45.6 Å². The maximum Gasteiger partial charge on any atom is 0.408 e. The molecule has 0 unspecified atom stereocenters. The molecular formula is C10H19NO4. The molecule has 5 heteroatoms. The van der Waals surface area contributed by atoms with Crippen molar-refractivity contribution in [1.82, 2.24) is 5.32 Å². The van der Waals surface area contributed by atoms with Gasteiger partial charge in [-0.15, -0.1) is 0 Å². The van der Waals surface area contributed by atoms with Crippen molar-refractivity contribution in [2.75, 3.05) is 13.2 Å². The number of alkyl carbamates (subject to hydrolysis) is 1. The third kappa shape index (κ3) is 4.99. The predicted molar refractivity (Wildman–Crippen MR) is 54.5 cm³/mol. The Kier molecular flexibility index (Phi) is 3.93. The van der Waals surface area contributed by atoms with Gasteiger partial charge in [0.2, 0.25) is 0 Å². The zero-order valence-electron chi connectivity index (χ0n) is 9.70. The van der Waals surface area contributed by atoms with Crippen molar-refractivity contribution in [3.8, 4) is 0 Å². The summed E-state index contributed by atoms with van der Waals surface area (Å²) in [5.41, 5.74) is -0.478. The molecule has 0 aliphatic carbocycles. The van der Waals surface area contributed by atoms with E-state index in [1.807, 2.05) is 27.7 Å². The molecule has 1 aliphatic rings. The summed E-state index contributed by atoms with van der Waals surface area (Å²) in [5.74, 6) is 0. The Morgan fingerprint density at radius 2 is 1.87 bits per heavy atom. The first kappa shape index (κ1) is 12.3. The molecule has 1 N–H and O–H groups in total. The molecule has 0 aromatic heterocycles. The van der Waals surface area contributed by atoms with Gasteiger partial charge < -0.3 is 19.5 Å². The third-order valence-electron chi connectivity index (χ3n) is 1.79. The molecule has 0 spiro atoms. The van der Waals surface area contributed by atoms with E-state index in [0.29, 0.717) is 13.2 Å². The highest BCUT2D eigenvalue weighted by Gasteiger charge is 2.23. The van der Waals surface area contributed by atoms with Crippen LogP contribution >= 0.6 is 0 Å². The predicted octanol–water partition coefficient (Wildman–Crippen LogP) is 1.27. The molecule has 0 atom stereocenters. The molecule has 0 bridgehead atoms. The van der Waals surface area contributed by atoms with E-state index < -0.39 is 11.7 Å². The summed E-state index contributed by atoms with van der Waals surface area (Å²) in [5, 5.41) is 2.68. The van der Waals surface area contributed by atoms with E-state index in [1.54, 1.807) is 0 Å². The summed E-state index contributed by atoms with van der Waals surface area (Å²) in [6.07, 6.45) is -0.629. The Bertz CT molecular complexity index is 216. The first-order chi connectivity index (χ1) is 6.87. The average Bonchev–Trinajstić information content (AvgIpc) is 2.05. The zero-order chi connectivity index (χ0) is 11.5. The van der Waals surface area contributed by atoms with Crippen LogP contribution in [0.3, 0.4) is 0 Å². The number of carbonyl (C=O) groups excluding carboxylic acids is 1. The Balaban J connectivity index is 2.27. The molecule has 1 rings (SSSR count). The van der Waals surface area contributed by atoms with Crippen LogP contribution in [-0.2, 0) is 14.2 Å². The first-order valence-electron chi connectivity index (χ1n) is 5.09. The van der Waals surface area contributed by atoms with Crippen LogP contribution < -0.4 is 5.32 Å². The lowest BCUT2D eigenvalue weighted by Gasteiger charge is -2.28. The molecule has 1 aliphatic heterocycles. The Labute approximate surface area is 90.1 Å². The van der Waals surface area contributed by atoms with Crippen LogP contribution in [0, 0.1) is 0 Å². The highest BCUT2D eigenvalue weighted by molar-refractivity contribution is 5.68. The second-order valence-electron chi connectivity index (χ2n) is 4.58. The smallest absolute Gasteiger partial charge is 0.408 e. The number of carbonyl (C=O) groups is 1. The van der Waals surface area contributed by atoms with Crippen LogP contribution in [-0.4, -0.2) is 37.2 Å². The number of amides is 1. The number of hydrogen-bond donors (Lipinski definition) is 1. The largest absolute Gasteiger partial charge is 0.444 e. The second-order valence-corrected chi connectivity index (χ2v) is 4.58. The normalized spacial score (nSPS) is 27.2. The number of ether oxygens (including phenoxy) is 3. The van der Waals surface area contributed by atoms with Gasteiger partial charge in [0.1, 0.15) is 5.60 Å². The first-order valence-corrected chi connectivity index (χ1v) is 5.09. The van der Waals surface area contributed by atoms with Gasteiger partial charge in [0.25, 0.3) is 0 Å². The molecule has 0 radical (unpaired) electrons. The van der Waals surface area contributed by atoms with Crippen molar-refractivity contribution < 1.29 is 19.0 Å². The lowest BCUT2D eigenvalue weighted by atomic mass is 10.2.